The maximum atomic E-state index is 5.17. The molecule has 0 atom stereocenters. The minimum Gasteiger partial charge on any atom is -0.497 e. The van der Waals surface area contributed by atoms with Crippen LogP contribution < -0.4 is 4.74 Å². The Balaban J connectivity index is 2.11. The molecule has 0 amide bonds. The summed E-state index contributed by atoms with van der Waals surface area (Å²) in [6.07, 6.45) is 0. The number of para-hydroxylation sites is 1. The average Bonchev–Trinajstić information content (AvgIpc) is 2.47. The summed E-state index contributed by atoms with van der Waals surface area (Å²) < 4.78 is 5.17. The lowest BCUT2D eigenvalue weighted by atomic mass is 10.1. The summed E-state index contributed by atoms with van der Waals surface area (Å²) in [5, 5.41) is 1.18. The van der Waals surface area contributed by atoms with Gasteiger partial charge in [-0.3, -0.25) is 0 Å². The highest BCUT2D eigenvalue weighted by Crippen LogP contribution is 2.24. The van der Waals surface area contributed by atoms with Crippen LogP contribution in [0.3, 0.4) is 0 Å². The second-order valence-electron chi connectivity index (χ2n) is 4.57. The summed E-state index contributed by atoms with van der Waals surface area (Å²) in [5.41, 5.74) is 4.36. The molecule has 0 saturated heterocycles. The fraction of sp³-hybridized carbons (Fsp3) is 0.118. The van der Waals surface area contributed by atoms with Crippen molar-refractivity contribution >= 4 is 10.9 Å². The van der Waals surface area contributed by atoms with Gasteiger partial charge in [-0.05, 0) is 42.8 Å². The number of methoxy groups -OCH3 is 1. The molecule has 0 aliphatic heterocycles. The van der Waals surface area contributed by atoms with E-state index < -0.39 is 0 Å². The molecule has 19 heavy (non-hydrogen) atoms. The molecule has 0 spiro atoms. The van der Waals surface area contributed by atoms with E-state index in [0.717, 1.165) is 22.5 Å². The van der Waals surface area contributed by atoms with Gasteiger partial charge in [0.25, 0.3) is 0 Å². The summed E-state index contributed by atoms with van der Waals surface area (Å²) in [6, 6.07) is 18.4. The Hall–Kier alpha value is -2.35. The average molecular weight is 249 g/mol. The van der Waals surface area contributed by atoms with Gasteiger partial charge in [-0.2, -0.15) is 0 Å². The van der Waals surface area contributed by atoms with Gasteiger partial charge in [0, 0.05) is 10.9 Å². The van der Waals surface area contributed by atoms with E-state index in [2.05, 4.69) is 37.3 Å². The molecule has 94 valence electrons. The molecule has 0 bridgehead atoms. The van der Waals surface area contributed by atoms with E-state index in [4.69, 9.17) is 9.72 Å². The Labute approximate surface area is 112 Å². The molecule has 0 unspecified atom stereocenters. The number of pyridine rings is 1. The highest BCUT2D eigenvalue weighted by atomic mass is 16.5. The second kappa shape index (κ2) is 4.73. The van der Waals surface area contributed by atoms with Crippen LogP contribution in [0.5, 0.6) is 5.75 Å². The van der Waals surface area contributed by atoms with Crippen molar-refractivity contribution in [1.29, 1.82) is 0 Å². The van der Waals surface area contributed by atoms with Crippen molar-refractivity contribution < 1.29 is 4.74 Å². The van der Waals surface area contributed by atoms with Crippen molar-refractivity contribution in [3.05, 3.63) is 60.2 Å². The van der Waals surface area contributed by atoms with E-state index in [1.54, 1.807) is 7.11 Å². The number of aryl methyl sites for hydroxylation is 1. The van der Waals surface area contributed by atoms with Crippen molar-refractivity contribution in [2.24, 2.45) is 0 Å². The van der Waals surface area contributed by atoms with E-state index in [-0.39, 0.29) is 0 Å². The predicted molar refractivity (Wildman–Crippen MR) is 78.5 cm³/mol. The number of ether oxygens (including phenoxy) is 1. The zero-order chi connectivity index (χ0) is 13.2. The van der Waals surface area contributed by atoms with Crippen molar-refractivity contribution in [1.82, 2.24) is 4.98 Å². The van der Waals surface area contributed by atoms with E-state index >= 15 is 0 Å². The van der Waals surface area contributed by atoms with Crippen LogP contribution in [-0.2, 0) is 0 Å². The van der Waals surface area contributed by atoms with Crippen LogP contribution in [0.25, 0.3) is 22.2 Å². The second-order valence-corrected chi connectivity index (χ2v) is 4.57. The Morgan fingerprint density at radius 1 is 0.895 bits per heavy atom. The third-order valence-electron chi connectivity index (χ3n) is 3.31. The highest BCUT2D eigenvalue weighted by molar-refractivity contribution is 5.84. The lowest BCUT2D eigenvalue weighted by Crippen LogP contribution is -1.88. The Morgan fingerprint density at radius 2 is 1.68 bits per heavy atom. The summed E-state index contributed by atoms with van der Waals surface area (Å²) in [6.45, 7) is 2.09. The van der Waals surface area contributed by atoms with Gasteiger partial charge < -0.3 is 4.74 Å². The smallest absolute Gasteiger partial charge is 0.118 e. The SMILES string of the molecule is COc1ccc(-c2ccc3cccc(C)c3n2)cc1. The zero-order valence-electron chi connectivity index (χ0n) is 11.1. The normalized spacial score (nSPS) is 10.6. The van der Waals surface area contributed by atoms with Gasteiger partial charge in [-0.1, -0.05) is 24.3 Å². The van der Waals surface area contributed by atoms with Crippen LogP contribution in [0, 0.1) is 6.92 Å². The van der Waals surface area contributed by atoms with Crippen molar-refractivity contribution in [2.75, 3.05) is 7.11 Å². The fourth-order valence-electron chi connectivity index (χ4n) is 2.22. The van der Waals surface area contributed by atoms with Crippen molar-refractivity contribution in [2.45, 2.75) is 6.92 Å². The van der Waals surface area contributed by atoms with Crippen LogP contribution >= 0.6 is 0 Å². The minimum atomic E-state index is 0.862. The molecule has 3 rings (SSSR count). The van der Waals surface area contributed by atoms with Crippen LogP contribution in [0.2, 0.25) is 0 Å². The Kier molecular flexibility index (Phi) is 2.92. The number of benzene rings is 2. The summed E-state index contributed by atoms with van der Waals surface area (Å²) in [7, 11) is 1.67. The quantitative estimate of drug-likeness (QED) is 0.678. The summed E-state index contributed by atoms with van der Waals surface area (Å²) >= 11 is 0. The first kappa shape index (κ1) is 11.7. The van der Waals surface area contributed by atoms with Gasteiger partial charge >= 0.3 is 0 Å². The first-order valence-corrected chi connectivity index (χ1v) is 6.29. The molecule has 0 N–H and O–H groups in total. The number of aromatic nitrogens is 1. The number of rotatable bonds is 2. The third-order valence-corrected chi connectivity index (χ3v) is 3.31. The first-order valence-electron chi connectivity index (χ1n) is 6.29. The van der Waals surface area contributed by atoms with Crippen molar-refractivity contribution in [3.63, 3.8) is 0 Å². The van der Waals surface area contributed by atoms with E-state index in [9.17, 15) is 0 Å². The minimum absolute atomic E-state index is 0.862. The van der Waals surface area contributed by atoms with E-state index in [0.29, 0.717) is 0 Å². The van der Waals surface area contributed by atoms with Crippen molar-refractivity contribution in [3.8, 4) is 17.0 Å². The van der Waals surface area contributed by atoms with Gasteiger partial charge in [0.2, 0.25) is 0 Å². The highest BCUT2D eigenvalue weighted by Gasteiger charge is 2.03. The van der Waals surface area contributed by atoms with Gasteiger partial charge in [-0.25, -0.2) is 4.98 Å². The molecule has 0 aliphatic rings. The molecule has 1 aromatic heterocycles. The molecule has 2 aromatic carbocycles. The largest absolute Gasteiger partial charge is 0.497 e. The van der Waals surface area contributed by atoms with E-state index in [1.807, 2.05) is 24.3 Å². The van der Waals surface area contributed by atoms with Gasteiger partial charge in [0.05, 0.1) is 18.3 Å². The summed E-state index contributed by atoms with van der Waals surface area (Å²) in [5.74, 6) is 0.862. The molecule has 1 heterocycles. The van der Waals surface area contributed by atoms with Crippen LogP contribution in [0.1, 0.15) is 5.56 Å². The number of fused-ring (bicyclic) bond motifs is 1. The molecule has 0 saturated carbocycles. The van der Waals surface area contributed by atoms with E-state index in [1.165, 1.54) is 10.9 Å². The topological polar surface area (TPSA) is 22.1 Å². The van der Waals surface area contributed by atoms with Gasteiger partial charge in [0.15, 0.2) is 0 Å². The molecule has 0 aliphatic carbocycles. The van der Waals surface area contributed by atoms with Crippen LogP contribution in [-0.4, -0.2) is 12.1 Å². The molecule has 0 fully saturated rings. The van der Waals surface area contributed by atoms with Gasteiger partial charge in [0.1, 0.15) is 5.75 Å². The molecule has 2 heteroatoms. The maximum Gasteiger partial charge on any atom is 0.118 e. The lowest BCUT2D eigenvalue weighted by Gasteiger charge is -2.06. The van der Waals surface area contributed by atoms with Crippen LogP contribution in [0.15, 0.2) is 54.6 Å². The predicted octanol–water partition coefficient (Wildman–Crippen LogP) is 4.22. The molecule has 0 radical (unpaired) electrons. The van der Waals surface area contributed by atoms with Crippen LogP contribution in [0.4, 0.5) is 0 Å². The Morgan fingerprint density at radius 3 is 2.42 bits per heavy atom. The molecule has 2 nitrogen and oxygen atoms in total. The monoisotopic (exact) mass is 249 g/mol. The molecule has 3 aromatic rings. The molecular formula is C17H15NO. The zero-order valence-corrected chi connectivity index (χ0v) is 11.1. The van der Waals surface area contributed by atoms with Gasteiger partial charge in [-0.15, -0.1) is 0 Å². The first-order chi connectivity index (χ1) is 9.28. The lowest BCUT2D eigenvalue weighted by molar-refractivity contribution is 0.415. The number of hydrogen-bond acceptors (Lipinski definition) is 2. The number of nitrogens with zero attached hydrogens (tertiary/aromatic N) is 1. The standard InChI is InChI=1S/C17H15NO/c1-12-4-3-5-14-8-11-16(18-17(12)14)13-6-9-15(19-2)10-7-13/h3-11H,1-2H3. The molecular weight excluding hydrogens is 234 g/mol. The third kappa shape index (κ3) is 2.17. The fourth-order valence-corrected chi connectivity index (χ4v) is 2.22. The Bertz CT molecular complexity index is 717. The summed E-state index contributed by atoms with van der Waals surface area (Å²) in [4.78, 5) is 4.76. The number of hydrogen-bond donors (Lipinski definition) is 0. The maximum absolute atomic E-state index is 5.17.